The summed E-state index contributed by atoms with van der Waals surface area (Å²) >= 11 is 0. The molecule has 0 saturated heterocycles. The highest BCUT2D eigenvalue weighted by Gasteiger charge is 2.28. The monoisotopic (exact) mass is 376 g/mol. The van der Waals surface area contributed by atoms with Gasteiger partial charge in [-0.15, -0.1) is 0 Å². The second-order valence-corrected chi connectivity index (χ2v) is 6.38. The standard InChI is InChI=1S/C20H16N4O4/c21-9-14-5-7-15(8-6-14)18-4-2-1-3-16(18)12-27-17-10-23-11-19(24(25)26)22-20(23)28-13-17/h1-8,11,17H,10,12-13H2/t17-/m0/s1. The Balaban J connectivity index is 1.47. The van der Waals surface area contributed by atoms with Crippen LogP contribution in [0.25, 0.3) is 11.1 Å². The van der Waals surface area contributed by atoms with E-state index in [9.17, 15) is 10.1 Å². The highest BCUT2D eigenvalue weighted by atomic mass is 16.6. The maximum absolute atomic E-state index is 10.8. The van der Waals surface area contributed by atoms with E-state index < -0.39 is 4.92 Å². The van der Waals surface area contributed by atoms with E-state index >= 15 is 0 Å². The molecule has 3 aromatic rings. The Morgan fingerprint density at radius 3 is 2.82 bits per heavy atom. The molecule has 8 heteroatoms. The molecule has 0 radical (unpaired) electrons. The Hall–Kier alpha value is -3.70. The van der Waals surface area contributed by atoms with E-state index in [1.165, 1.54) is 6.20 Å². The first-order chi connectivity index (χ1) is 13.6. The fraction of sp³-hybridized carbons (Fsp3) is 0.200. The zero-order valence-electron chi connectivity index (χ0n) is 14.8. The van der Waals surface area contributed by atoms with Crippen LogP contribution in [0.1, 0.15) is 11.1 Å². The van der Waals surface area contributed by atoms with Crippen molar-refractivity contribution >= 4 is 5.82 Å². The van der Waals surface area contributed by atoms with Gasteiger partial charge in [0.05, 0.1) is 24.8 Å². The van der Waals surface area contributed by atoms with Crippen LogP contribution in [0.4, 0.5) is 5.82 Å². The lowest BCUT2D eigenvalue weighted by Gasteiger charge is -2.23. The minimum atomic E-state index is -0.543. The van der Waals surface area contributed by atoms with Gasteiger partial charge in [-0.05, 0) is 33.7 Å². The van der Waals surface area contributed by atoms with Crippen molar-refractivity contribution in [3.8, 4) is 23.2 Å². The normalized spacial score (nSPS) is 15.3. The molecule has 140 valence electrons. The van der Waals surface area contributed by atoms with E-state index in [-0.39, 0.29) is 24.5 Å². The van der Waals surface area contributed by atoms with E-state index in [4.69, 9.17) is 14.7 Å². The maximum Gasteiger partial charge on any atom is 0.414 e. The molecule has 2 heterocycles. The van der Waals surface area contributed by atoms with Gasteiger partial charge >= 0.3 is 11.8 Å². The van der Waals surface area contributed by atoms with Crippen LogP contribution < -0.4 is 4.74 Å². The van der Waals surface area contributed by atoms with Crippen LogP contribution in [0.3, 0.4) is 0 Å². The molecule has 1 aromatic heterocycles. The van der Waals surface area contributed by atoms with E-state index in [1.54, 1.807) is 16.7 Å². The van der Waals surface area contributed by atoms with Crippen LogP contribution >= 0.6 is 0 Å². The smallest absolute Gasteiger partial charge is 0.414 e. The SMILES string of the molecule is N#Cc1ccc(-c2ccccc2CO[C@@H]2COc3nc([N+](=O)[O-])cn3C2)cc1. The van der Waals surface area contributed by atoms with E-state index in [2.05, 4.69) is 11.1 Å². The molecule has 0 spiro atoms. The molecule has 0 fully saturated rings. The predicted molar refractivity (Wildman–Crippen MR) is 99.5 cm³/mol. The summed E-state index contributed by atoms with van der Waals surface area (Å²) in [4.78, 5) is 14.1. The second-order valence-electron chi connectivity index (χ2n) is 6.38. The topological polar surface area (TPSA) is 103 Å². The lowest BCUT2D eigenvalue weighted by Crippen LogP contribution is -2.32. The number of aromatic nitrogens is 2. The number of hydrogen-bond acceptors (Lipinski definition) is 6. The van der Waals surface area contributed by atoms with Crippen LogP contribution in [-0.4, -0.2) is 27.2 Å². The van der Waals surface area contributed by atoms with Crippen LogP contribution in [0.15, 0.2) is 54.7 Å². The van der Waals surface area contributed by atoms with Gasteiger partial charge in [0, 0.05) is 4.98 Å². The van der Waals surface area contributed by atoms with Crippen molar-refractivity contribution < 1.29 is 14.4 Å². The first-order valence-electron chi connectivity index (χ1n) is 8.68. The molecule has 1 aliphatic heterocycles. The van der Waals surface area contributed by atoms with Crippen molar-refractivity contribution in [2.24, 2.45) is 0 Å². The number of fused-ring (bicyclic) bond motifs is 1. The number of hydrogen-bond donors (Lipinski definition) is 0. The van der Waals surface area contributed by atoms with Gasteiger partial charge < -0.3 is 19.6 Å². The van der Waals surface area contributed by atoms with Crippen LogP contribution in [-0.2, 0) is 17.9 Å². The molecule has 0 N–H and O–H groups in total. The molecule has 0 aliphatic carbocycles. The van der Waals surface area contributed by atoms with Gasteiger partial charge in [-0.2, -0.15) is 5.26 Å². The number of imidazole rings is 1. The van der Waals surface area contributed by atoms with Crippen molar-refractivity contribution in [3.05, 3.63) is 76.0 Å². The summed E-state index contributed by atoms with van der Waals surface area (Å²) in [5.74, 6) is -0.234. The van der Waals surface area contributed by atoms with Gasteiger partial charge in [-0.1, -0.05) is 36.4 Å². The third-order valence-corrected chi connectivity index (χ3v) is 4.53. The van der Waals surface area contributed by atoms with Crippen molar-refractivity contribution in [2.45, 2.75) is 19.3 Å². The van der Waals surface area contributed by atoms with Gasteiger partial charge in [-0.25, -0.2) is 0 Å². The summed E-state index contributed by atoms with van der Waals surface area (Å²) in [6, 6.07) is 17.7. The quantitative estimate of drug-likeness (QED) is 0.500. The Morgan fingerprint density at radius 2 is 2.07 bits per heavy atom. The zero-order valence-corrected chi connectivity index (χ0v) is 14.8. The number of nitrogens with zero attached hydrogens (tertiary/aromatic N) is 4. The van der Waals surface area contributed by atoms with Gasteiger partial charge in [0.15, 0.2) is 0 Å². The van der Waals surface area contributed by atoms with Gasteiger partial charge in [0.2, 0.25) is 0 Å². The molecule has 0 amide bonds. The first-order valence-corrected chi connectivity index (χ1v) is 8.68. The van der Waals surface area contributed by atoms with Crippen LogP contribution in [0.5, 0.6) is 6.01 Å². The molecule has 1 aliphatic rings. The summed E-state index contributed by atoms with van der Waals surface area (Å²) in [6.45, 7) is 1.10. The summed E-state index contributed by atoms with van der Waals surface area (Å²) < 4.78 is 13.1. The molecular formula is C20H16N4O4. The summed E-state index contributed by atoms with van der Waals surface area (Å²) in [7, 11) is 0. The van der Waals surface area contributed by atoms with Crippen molar-refractivity contribution in [1.29, 1.82) is 5.26 Å². The van der Waals surface area contributed by atoms with Crippen LogP contribution in [0.2, 0.25) is 0 Å². The Bertz CT molecular complexity index is 1050. The van der Waals surface area contributed by atoms with E-state index in [1.807, 2.05) is 36.4 Å². The largest absolute Gasteiger partial charge is 0.443 e. The van der Waals surface area contributed by atoms with Gasteiger partial charge in [0.1, 0.15) is 18.9 Å². The Kier molecular flexibility index (Phi) is 4.74. The highest BCUT2D eigenvalue weighted by Crippen LogP contribution is 2.26. The first kappa shape index (κ1) is 17.7. The third-order valence-electron chi connectivity index (χ3n) is 4.53. The molecule has 0 unspecified atom stereocenters. The molecular weight excluding hydrogens is 360 g/mol. The Morgan fingerprint density at radius 1 is 1.29 bits per heavy atom. The summed E-state index contributed by atoms with van der Waals surface area (Å²) in [5, 5.41) is 19.8. The zero-order chi connectivity index (χ0) is 19.5. The van der Waals surface area contributed by atoms with Crippen molar-refractivity contribution in [2.75, 3.05) is 6.61 Å². The van der Waals surface area contributed by atoms with E-state index in [0.29, 0.717) is 18.7 Å². The summed E-state index contributed by atoms with van der Waals surface area (Å²) in [6.07, 6.45) is 1.12. The Labute approximate surface area is 160 Å². The molecule has 0 bridgehead atoms. The summed E-state index contributed by atoms with van der Waals surface area (Å²) in [5.41, 5.74) is 3.66. The lowest BCUT2D eigenvalue weighted by molar-refractivity contribution is -0.389. The van der Waals surface area contributed by atoms with Gasteiger partial charge in [0.25, 0.3) is 0 Å². The average Bonchev–Trinajstić information content (AvgIpc) is 3.16. The number of rotatable bonds is 5. The third kappa shape index (κ3) is 3.56. The highest BCUT2D eigenvalue weighted by molar-refractivity contribution is 5.67. The molecule has 2 aromatic carbocycles. The molecule has 4 rings (SSSR count). The van der Waals surface area contributed by atoms with Crippen LogP contribution in [0, 0.1) is 21.4 Å². The second kappa shape index (κ2) is 7.50. The van der Waals surface area contributed by atoms with E-state index in [0.717, 1.165) is 16.7 Å². The molecule has 0 saturated carbocycles. The maximum atomic E-state index is 10.8. The van der Waals surface area contributed by atoms with Gasteiger partial charge in [-0.3, -0.25) is 4.57 Å². The number of benzene rings is 2. The number of nitro groups is 1. The fourth-order valence-electron chi connectivity index (χ4n) is 3.12. The van der Waals surface area contributed by atoms with Crippen molar-refractivity contribution in [1.82, 2.24) is 9.55 Å². The minimum Gasteiger partial charge on any atom is -0.443 e. The fourth-order valence-corrected chi connectivity index (χ4v) is 3.12. The average molecular weight is 376 g/mol. The number of nitriles is 1. The molecule has 1 atom stereocenters. The molecule has 28 heavy (non-hydrogen) atoms. The molecule has 8 nitrogen and oxygen atoms in total. The predicted octanol–water partition coefficient (Wildman–Crippen LogP) is 3.31. The lowest BCUT2D eigenvalue weighted by atomic mass is 9.99. The minimum absolute atomic E-state index is 0.234. The number of ether oxygens (including phenoxy) is 2. The van der Waals surface area contributed by atoms with Crippen molar-refractivity contribution in [3.63, 3.8) is 0 Å².